The van der Waals surface area contributed by atoms with E-state index in [1.165, 1.54) is 18.2 Å². The van der Waals surface area contributed by atoms with Crippen molar-refractivity contribution in [3.05, 3.63) is 67.9 Å². The lowest BCUT2D eigenvalue weighted by molar-refractivity contribution is -0.386. The third-order valence-corrected chi connectivity index (χ3v) is 4.16. The van der Waals surface area contributed by atoms with Crippen LogP contribution in [0.15, 0.2) is 40.9 Å². The lowest BCUT2D eigenvalue weighted by Gasteiger charge is -2.09. The monoisotopic (exact) mass is 417 g/mol. The van der Waals surface area contributed by atoms with E-state index < -0.39 is 4.92 Å². The Morgan fingerprint density at radius 3 is 2.62 bits per heavy atom. The minimum Gasteiger partial charge on any atom is -0.482 e. The van der Waals surface area contributed by atoms with Gasteiger partial charge in [-0.05, 0) is 23.8 Å². The van der Waals surface area contributed by atoms with E-state index in [4.69, 9.17) is 4.74 Å². The fraction of sp³-hybridized carbons (Fsp3) is 0.143. The van der Waals surface area contributed by atoms with Gasteiger partial charge in [0, 0.05) is 21.4 Å². The van der Waals surface area contributed by atoms with Crippen LogP contribution in [0.2, 0.25) is 0 Å². The molecule has 0 saturated heterocycles. The predicted octanol–water partition coefficient (Wildman–Crippen LogP) is 4.97. The van der Waals surface area contributed by atoms with Crippen molar-refractivity contribution in [3.63, 3.8) is 0 Å². The Bertz CT molecular complexity index is 679. The molecule has 21 heavy (non-hydrogen) atoms. The highest BCUT2D eigenvalue weighted by molar-refractivity contribution is 9.10. The van der Waals surface area contributed by atoms with E-state index in [9.17, 15) is 14.5 Å². The SMILES string of the molecule is O=[N+]([O-])c1cc(CBr)ccc1OCc1ccc(F)cc1Br. The number of ether oxygens (including phenoxy) is 1. The Labute approximate surface area is 137 Å². The summed E-state index contributed by atoms with van der Waals surface area (Å²) >= 11 is 6.48. The van der Waals surface area contributed by atoms with Gasteiger partial charge < -0.3 is 4.74 Å². The van der Waals surface area contributed by atoms with E-state index in [0.29, 0.717) is 15.4 Å². The van der Waals surface area contributed by atoms with Crippen LogP contribution in [0, 0.1) is 15.9 Å². The Balaban J connectivity index is 2.21. The molecule has 0 saturated carbocycles. The second kappa shape index (κ2) is 7.00. The first-order chi connectivity index (χ1) is 10.0. The normalized spacial score (nSPS) is 10.4. The van der Waals surface area contributed by atoms with Gasteiger partial charge in [-0.2, -0.15) is 0 Å². The largest absolute Gasteiger partial charge is 0.482 e. The molecule has 7 heteroatoms. The molecule has 0 unspecified atom stereocenters. The van der Waals surface area contributed by atoms with Gasteiger partial charge in [-0.1, -0.05) is 44.0 Å². The fourth-order valence-corrected chi connectivity index (χ4v) is 2.52. The van der Waals surface area contributed by atoms with Crippen molar-refractivity contribution >= 4 is 37.5 Å². The molecule has 0 N–H and O–H groups in total. The number of halogens is 3. The number of hydrogen-bond acceptors (Lipinski definition) is 3. The van der Waals surface area contributed by atoms with Crippen LogP contribution in [0.3, 0.4) is 0 Å². The average molecular weight is 419 g/mol. The summed E-state index contributed by atoms with van der Waals surface area (Å²) in [4.78, 5) is 10.6. The number of nitro groups is 1. The van der Waals surface area contributed by atoms with Crippen LogP contribution in [-0.4, -0.2) is 4.92 Å². The number of rotatable bonds is 5. The second-order valence-electron chi connectivity index (χ2n) is 4.22. The van der Waals surface area contributed by atoms with Crippen LogP contribution < -0.4 is 4.74 Å². The third-order valence-electron chi connectivity index (χ3n) is 2.77. The van der Waals surface area contributed by atoms with Crippen LogP contribution in [0.5, 0.6) is 5.75 Å². The minimum atomic E-state index is -0.485. The van der Waals surface area contributed by atoms with Gasteiger partial charge >= 0.3 is 5.69 Å². The Morgan fingerprint density at radius 1 is 1.24 bits per heavy atom. The van der Waals surface area contributed by atoms with Crippen molar-refractivity contribution in [2.75, 3.05) is 0 Å². The van der Waals surface area contributed by atoms with E-state index in [1.807, 2.05) is 0 Å². The van der Waals surface area contributed by atoms with E-state index in [-0.39, 0.29) is 23.9 Å². The van der Waals surface area contributed by atoms with Crippen LogP contribution in [0.25, 0.3) is 0 Å². The summed E-state index contributed by atoms with van der Waals surface area (Å²) in [6.45, 7) is 0.107. The molecule has 0 heterocycles. The van der Waals surface area contributed by atoms with E-state index in [0.717, 1.165) is 5.56 Å². The van der Waals surface area contributed by atoms with Gasteiger partial charge in [0.15, 0.2) is 5.75 Å². The van der Waals surface area contributed by atoms with Crippen molar-refractivity contribution in [1.82, 2.24) is 0 Å². The molecule has 4 nitrogen and oxygen atoms in total. The summed E-state index contributed by atoms with van der Waals surface area (Å²) in [6.07, 6.45) is 0. The number of nitro benzene ring substituents is 1. The fourth-order valence-electron chi connectivity index (χ4n) is 1.71. The standard InChI is InChI=1S/C14H10Br2FNO3/c15-7-9-1-4-14(13(5-9)18(19)20)21-8-10-2-3-11(17)6-12(10)16/h1-6H,7-8H2. The Hall–Kier alpha value is -1.47. The van der Waals surface area contributed by atoms with Gasteiger partial charge in [0.1, 0.15) is 12.4 Å². The molecule has 0 atom stereocenters. The molecular formula is C14H10Br2FNO3. The van der Waals surface area contributed by atoms with Crippen LogP contribution in [0.4, 0.5) is 10.1 Å². The molecule has 2 rings (SSSR count). The van der Waals surface area contributed by atoms with Gasteiger partial charge in [0.25, 0.3) is 0 Å². The zero-order valence-corrected chi connectivity index (χ0v) is 13.9. The molecule has 0 fully saturated rings. The minimum absolute atomic E-state index is 0.0924. The van der Waals surface area contributed by atoms with Crippen molar-refractivity contribution in [3.8, 4) is 5.75 Å². The highest BCUT2D eigenvalue weighted by Crippen LogP contribution is 2.30. The van der Waals surface area contributed by atoms with Crippen molar-refractivity contribution < 1.29 is 14.1 Å². The third kappa shape index (κ3) is 4.01. The molecule has 110 valence electrons. The molecule has 0 radical (unpaired) electrons. The molecule has 2 aromatic carbocycles. The predicted molar refractivity (Wildman–Crippen MR) is 84.2 cm³/mol. The lowest BCUT2D eigenvalue weighted by atomic mass is 10.2. The van der Waals surface area contributed by atoms with Crippen molar-refractivity contribution in [2.24, 2.45) is 0 Å². The van der Waals surface area contributed by atoms with Gasteiger partial charge in [0.2, 0.25) is 0 Å². The first-order valence-electron chi connectivity index (χ1n) is 5.91. The molecule has 0 aliphatic carbocycles. The maximum Gasteiger partial charge on any atom is 0.311 e. The van der Waals surface area contributed by atoms with E-state index in [2.05, 4.69) is 31.9 Å². The quantitative estimate of drug-likeness (QED) is 0.391. The summed E-state index contributed by atoms with van der Waals surface area (Å²) < 4.78 is 19.1. The summed E-state index contributed by atoms with van der Waals surface area (Å²) in [6, 6.07) is 8.97. The topological polar surface area (TPSA) is 52.4 Å². The zero-order valence-electron chi connectivity index (χ0n) is 10.7. The Kier molecular flexibility index (Phi) is 5.30. The van der Waals surface area contributed by atoms with Crippen LogP contribution >= 0.6 is 31.9 Å². The van der Waals surface area contributed by atoms with Crippen molar-refractivity contribution in [2.45, 2.75) is 11.9 Å². The van der Waals surface area contributed by atoms with Gasteiger partial charge in [0.05, 0.1) is 4.92 Å². The van der Waals surface area contributed by atoms with Gasteiger partial charge in [-0.25, -0.2) is 4.39 Å². The highest BCUT2D eigenvalue weighted by Gasteiger charge is 2.16. The lowest BCUT2D eigenvalue weighted by Crippen LogP contribution is -2.00. The van der Waals surface area contributed by atoms with Gasteiger partial charge in [-0.15, -0.1) is 0 Å². The first kappa shape index (κ1) is 15.9. The Morgan fingerprint density at radius 2 is 2.00 bits per heavy atom. The number of nitrogens with zero attached hydrogens (tertiary/aromatic N) is 1. The highest BCUT2D eigenvalue weighted by atomic mass is 79.9. The maximum absolute atomic E-state index is 13.0. The number of alkyl halides is 1. The maximum atomic E-state index is 13.0. The molecule has 0 aliphatic rings. The van der Waals surface area contributed by atoms with Gasteiger partial charge in [-0.3, -0.25) is 10.1 Å². The number of hydrogen-bond donors (Lipinski definition) is 0. The van der Waals surface area contributed by atoms with Crippen molar-refractivity contribution in [1.29, 1.82) is 0 Å². The molecule has 0 aliphatic heterocycles. The van der Waals surface area contributed by atoms with E-state index in [1.54, 1.807) is 18.2 Å². The molecular weight excluding hydrogens is 409 g/mol. The smallest absolute Gasteiger partial charge is 0.311 e. The van der Waals surface area contributed by atoms with Crippen LogP contribution in [-0.2, 0) is 11.9 Å². The second-order valence-corrected chi connectivity index (χ2v) is 5.63. The molecule has 0 spiro atoms. The first-order valence-corrected chi connectivity index (χ1v) is 7.82. The summed E-state index contributed by atoms with van der Waals surface area (Å²) in [5, 5.41) is 11.6. The summed E-state index contributed by atoms with van der Waals surface area (Å²) in [5.41, 5.74) is 1.40. The summed E-state index contributed by atoms with van der Waals surface area (Å²) in [7, 11) is 0. The average Bonchev–Trinajstić information content (AvgIpc) is 2.46. The molecule has 0 bridgehead atoms. The van der Waals surface area contributed by atoms with Crippen LogP contribution in [0.1, 0.15) is 11.1 Å². The molecule has 0 aromatic heterocycles. The number of benzene rings is 2. The zero-order chi connectivity index (χ0) is 15.4. The van der Waals surface area contributed by atoms with E-state index >= 15 is 0 Å². The summed E-state index contributed by atoms with van der Waals surface area (Å²) in [5.74, 6) is -0.181. The molecule has 0 amide bonds. The molecule has 2 aromatic rings.